The van der Waals surface area contributed by atoms with Crippen molar-refractivity contribution in [3.05, 3.63) is 39.9 Å². The molecule has 1 unspecified atom stereocenters. The summed E-state index contributed by atoms with van der Waals surface area (Å²) in [7, 11) is 3.11. The van der Waals surface area contributed by atoms with Crippen LogP contribution in [0.5, 0.6) is 0 Å². The van der Waals surface area contributed by atoms with Gasteiger partial charge in [-0.1, -0.05) is 35.1 Å². The molecule has 1 aromatic heterocycles. The van der Waals surface area contributed by atoms with Crippen LogP contribution in [-0.2, 0) is 11.3 Å². The highest BCUT2D eigenvalue weighted by molar-refractivity contribution is 8.14. The van der Waals surface area contributed by atoms with Gasteiger partial charge in [-0.2, -0.15) is 0 Å². The van der Waals surface area contributed by atoms with Gasteiger partial charge in [-0.3, -0.25) is 14.6 Å². The van der Waals surface area contributed by atoms with Gasteiger partial charge in [-0.25, -0.2) is 9.37 Å². The second kappa shape index (κ2) is 7.26. The van der Waals surface area contributed by atoms with Gasteiger partial charge in [0.2, 0.25) is 0 Å². The van der Waals surface area contributed by atoms with E-state index in [1.807, 2.05) is 23.6 Å². The van der Waals surface area contributed by atoms with Crippen molar-refractivity contribution < 1.29 is 14.2 Å². The van der Waals surface area contributed by atoms with Crippen molar-refractivity contribution in [3.63, 3.8) is 0 Å². The van der Waals surface area contributed by atoms with E-state index in [9.17, 15) is 9.59 Å². The van der Waals surface area contributed by atoms with E-state index in [1.54, 1.807) is 19.2 Å². The van der Waals surface area contributed by atoms with Gasteiger partial charge in [-0.05, 0) is 29.6 Å². The maximum Gasteiger partial charge on any atom is 0.365 e. The number of imide groups is 1. The van der Waals surface area contributed by atoms with E-state index in [0.29, 0.717) is 22.6 Å². The highest BCUT2D eigenvalue weighted by Gasteiger charge is 2.53. The minimum Gasteiger partial charge on any atom is -0.269 e. The molecule has 8 nitrogen and oxygen atoms in total. The van der Waals surface area contributed by atoms with Crippen LogP contribution in [0.25, 0.3) is 0 Å². The van der Waals surface area contributed by atoms with Crippen molar-refractivity contribution in [1.82, 2.24) is 20.0 Å². The van der Waals surface area contributed by atoms with Crippen LogP contribution in [0, 0.1) is 6.92 Å². The SMILES string of the molecule is Cc1nnc(SC2=[N+](Cc3ccc(Cl)cc3)C3C(=O)N(C)C(=O)N(C)C3=N2)s1. The normalized spacial score (nSPS) is 19.4. The fourth-order valence-electron chi connectivity index (χ4n) is 3.00. The summed E-state index contributed by atoms with van der Waals surface area (Å²) in [6.07, 6.45) is 0. The first kappa shape index (κ1) is 19.0. The zero-order valence-electron chi connectivity index (χ0n) is 15.3. The molecule has 0 aliphatic carbocycles. The molecule has 0 radical (unpaired) electrons. The summed E-state index contributed by atoms with van der Waals surface area (Å²) in [6, 6.07) is 6.36. The zero-order chi connectivity index (χ0) is 20.0. The summed E-state index contributed by atoms with van der Waals surface area (Å²) in [5.74, 6) is 0.116. The Bertz CT molecular complexity index is 1030. The molecule has 2 aromatic rings. The van der Waals surface area contributed by atoms with E-state index in [2.05, 4.69) is 15.2 Å². The number of carbonyl (C=O) groups excluding carboxylic acids is 2. The molecular formula is C17H16ClN6O2S2+. The van der Waals surface area contributed by atoms with E-state index in [1.165, 1.54) is 35.0 Å². The lowest BCUT2D eigenvalue weighted by Crippen LogP contribution is -2.61. The minimum atomic E-state index is -0.667. The van der Waals surface area contributed by atoms with Crippen LogP contribution >= 0.6 is 34.7 Å². The number of aromatic nitrogens is 2. The highest BCUT2D eigenvalue weighted by Crippen LogP contribution is 2.30. The van der Waals surface area contributed by atoms with E-state index >= 15 is 0 Å². The number of fused-ring (bicyclic) bond motifs is 1. The number of amidine groups is 2. The summed E-state index contributed by atoms with van der Waals surface area (Å²) in [4.78, 5) is 32.4. The highest BCUT2D eigenvalue weighted by atomic mass is 35.5. The van der Waals surface area contributed by atoms with Gasteiger partial charge in [0.15, 0.2) is 4.34 Å². The lowest BCUT2D eigenvalue weighted by Gasteiger charge is -2.30. The summed E-state index contributed by atoms with van der Waals surface area (Å²) < 4.78 is 2.62. The molecule has 1 aromatic carbocycles. The monoisotopic (exact) mass is 435 g/mol. The number of thioether (sulfide) groups is 1. The number of hydrogen-bond donors (Lipinski definition) is 0. The number of carbonyl (C=O) groups is 2. The Balaban J connectivity index is 1.75. The van der Waals surface area contributed by atoms with Crippen molar-refractivity contribution >= 4 is 57.6 Å². The smallest absolute Gasteiger partial charge is 0.269 e. The number of amides is 3. The number of aryl methyl sites for hydroxylation is 1. The molecule has 144 valence electrons. The van der Waals surface area contributed by atoms with Gasteiger partial charge < -0.3 is 0 Å². The Hall–Kier alpha value is -2.30. The van der Waals surface area contributed by atoms with E-state index < -0.39 is 12.1 Å². The molecular weight excluding hydrogens is 420 g/mol. The van der Waals surface area contributed by atoms with E-state index in [0.717, 1.165) is 19.8 Å². The van der Waals surface area contributed by atoms with Crippen LogP contribution < -0.4 is 0 Å². The Morgan fingerprint density at radius 2 is 1.89 bits per heavy atom. The van der Waals surface area contributed by atoms with Gasteiger partial charge in [-0.15, -0.1) is 10.2 Å². The number of halogens is 1. The summed E-state index contributed by atoms with van der Waals surface area (Å²) >= 11 is 8.78. The molecule has 3 amide bonds. The van der Waals surface area contributed by atoms with Crippen LogP contribution in [0.3, 0.4) is 0 Å². The van der Waals surface area contributed by atoms with Crippen LogP contribution in [0.4, 0.5) is 4.79 Å². The van der Waals surface area contributed by atoms with Crippen molar-refractivity contribution in [2.24, 2.45) is 4.99 Å². The maximum absolute atomic E-state index is 12.9. The molecule has 11 heteroatoms. The number of benzene rings is 1. The van der Waals surface area contributed by atoms with Crippen LogP contribution in [0.2, 0.25) is 5.02 Å². The first-order chi connectivity index (χ1) is 13.3. The van der Waals surface area contributed by atoms with E-state index in [4.69, 9.17) is 11.6 Å². The molecule has 0 bridgehead atoms. The molecule has 4 rings (SSSR count). The van der Waals surface area contributed by atoms with Crippen molar-refractivity contribution in [2.45, 2.75) is 23.8 Å². The molecule has 1 saturated heterocycles. The largest absolute Gasteiger partial charge is 0.365 e. The number of urea groups is 1. The van der Waals surface area contributed by atoms with Crippen molar-refractivity contribution in [2.75, 3.05) is 14.1 Å². The van der Waals surface area contributed by atoms with Gasteiger partial charge in [0, 0.05) is 30.9 Å². The molecule has 0 saturated carbocycles. The standard InChI is InChI=1S/C17H16ClN6O2S2/c1-9-20-21-16(27-9)28-15-19-13-12(14(25)23(3)17(26)22(13)2)24(15)8-10-4-6-11(18)7-5-10/h4-7,12H,8H2,1-3H3/q+1. The molecule has 0 N–H and O–H groups in total. The maximum atomic E-state index is 12.9. The average molecular weight is 436 g/mol. The fraction of sp³-hybridized carbons (Fsp3) is 0.294. The predicted octanol–water partition coefficient (Wildman–Crippen LogP) is 2.47. The van der Waals surface area contributed by atoms with Gasteiger partial charge in [0.05, 0.1) is 0 Å². The van der Waals surface area contributed by atoms with Gasteiger partial charge >= 0.3 is 11.2 Å². The number of hydrogen-bond acceptors (Lipinski definition) is 7. The Morgan fingerprint density at radius 1 is 1.18 bits per heavy atom. The zero-order valence-corrected chi connectivity index (χ0v) is 17.7. The van der Waals surface area contributed by atoms with Crippen molar-refractivity contribution in [1.29, 1.82) is 0 Å². The fourth-order valence-corrected chi connectivity index (χ4v) is 4.96. The molecule has 28 heavy (non-hydrogen) atoms. The Kier molecular flexibility index (Phi) is 4.94. The molecule has 1 atom stereocenters. The summed E-state index contributed by atoms with van der Waals surface area (Å²) in [5, 5.41) is 10.3. The quantitative estimate of drug-likeness (QED) is 0.692. The second-order valence-electron chi connectivity index (χ2n) is 6.34. The molecule has 2 aliphatic heterocycles. The third-order valence-electron chi connectivity index (χ3n) is 4.45. The molecule has 1 fully saturated rings. The third kappa shape index (κ3) is 3.31. The number of aliphatic imine (C=N–C) groups is 1. The topological polar surface area (TPSA) is 81.8 Å². The van der Waals surface area contributed by atoms with Crippen molar-refractivity contribution in [3.8, 4) is 0 Å². The number of rotatable bonds is 3. The van der Waals surface area contributed by atoms with Gasteiger partial charge in [0.25, 0.3) is 17.8 Å². The molecule has 0 spiro atoms. The van der Waals surface area contributed by atoms with Crippen LogP contribution in [-0.4, -0.2) is 67.7 Å². The van der Waals surface area contributed by atoms with Crippen LogP contribution in [0.1, 0.15) is 10.6 Å². The van der Waals surface area contributed by atoms with Crippen LogP contribution in [0.15, 0.2) is 33.6 Å². The molecule has 3 heterocycles. The number of nitrogens with zero attached hydrogens (tertiary/aromatic N) is 6. The second-order valence-corrected chi connectivity index (χ2v) is 9.17. The van der Waals surface area contributed by atoms with Gasteiger partial charge in [0.1, 0.15) is 11.6 Å². The first-order valence-electron chi connectivity index (χ1n) is 8.35. The lowest BCUT2D eigenvalue weighted by molar-refractivity contribution is -0.548. The third-order valence-corrected chi connectivity index (χ3v) is 6.60. The Labute approximate surface area is 174 Å². The minimum absolute atomic E-state index is 0.306. The lowest BCUT2D eigenvalue weighted by atomic mass is 10.1. The Morgan fingerprint density at radius 3 is 2.54 bits per heavy atom. The number of likely N-dealkylation sites (N-methyl/N-ethyl adjacent to an activating group) is 2. The average Bonchev–Trinajstić information content (AvgIpc) is 3.24. The van der Waals surface area contributed by atoms with E-state index in [-0.39, 0.29) is 5.91 Å². The first-order valence-corrected chi connectivity index (χ1v) is 10.4. The summed E-state index contributed by atoms with van der Waals surface area (Å²) in [6.45, 7) is 2.32. The predicted molar refractivity (Wildman–Crippen MR) is 108 cm³/mol. The summed E-state index contributed by atoms with van der Waals surface area (Å²) in [5.41, 5.74) is 0.974. The molecule has 2 aliphatic rings.